The molecule has 1 N–H and O–H groups in total. The molecule has 0 unspecified atom stereocenters. The maximum Gasteiger partial charge on any atom is 0.264 e. The van der Waals surface area contributed by atoms with Crippen LogP contribution in [0.4, 0.5) is 15.8 Å². The summed E-state index contributed by atoms with van der Waals surface area (Å²) in [6.45, 7) is 1.75. The second-order valence-electron chi connectivity index (χ2n) is 6.61. The smallest absolute Gasteiger partial charge is 0.264 e. The fourth-order valence-corrected chi connectivity index (χ4v) is 4.08. The number of ether oxygens (including phenoxy) is 1. The van der Waals surface area contributed by atoms with Crippen LogP contribution in [-0.2, 0) is 10.0 Å². The van der Waals surface area contributed by atoms with E-state index >= 15 is 0 Å². The predicted molar refractivity (Wildman–Crippen MR) is 114 cm³/mol. The van der Waals surface area contributed by atoms with Crippen molar-refractivity contribution in [3.05, 3.63) is 83.7 Å². The number of methoxy groups -OCH3 is 1. The highest BCUT2D eigenvalue weighted by molar-refractivity contribution is 7.92. The lowest BCUT2D eigenvalue weighted by molar-refractivity contribution is 0.102. The van der Waals surface area contributed by atoms with Gasteiger partial charge in [-0.1, -0.05) is 18.2 Å². The second kappa shape index (κ2) is 8.54. The number of para-hydroxylation sites is 2. The van der Waals surface area contributed by atoms with Crippen LogP contribution in [0.15, 0.2) is 71.6 Å². The summed E-state index contributed by atoms with van der Waals surface area (Å²) < 4.78 is 46.2. The van der Waals surface area contributed by atoms with Crippen molar-refractivity contribution in [1.82, 2.24) is 0 Å². The van der Waals surface area contributed by atoms with Crippen LogP contribution in [0.5, 0.6) is 5.75 Å². The van der Waals surface area contributed by atoms with Gasteiger partial charge in [0, 0.05) is 12.6 Å². The van der Waals surface area contributed by atoms with E-state index in [2.05, 4.69) is 5.32 Å². The molecule has 0 spiro atoms. The molecule has 0 radical (unpaired) electrons. The fraction of sp³-hybridized carbons (Fsp3) is 0.136. The molecule has 0 saturated heterocycles. The summed E-state index contributed by atoms with van der Waals surface area (Å²) in [5.41, 5.74) is 1.38. The molecule has 30 heavy (non-hydrogen) atoms. The van der Waals surface area contributed by atoms with E-state index in [0.717, 1.165) is 9.87 Å². The maximum atomic E-state index is 13.9. The van der Waals surface area contributed by atoms with E-state index in [9.17, 15) is 17.6 Å². The van der Waals surface area contributed by atoms with Crippen molar-refractivity contribution in [2.45, 2.75) is 11.8 Å². The van der Waals surface area contributed by atoms with Gasteiger partial charge in [-0.3, -0.25) is 9.10 Å². The third-order valence-electron chi connectivity index (χ3n) is 4.57. The average Bonchev–Trinajstić information content (AvgIpc) is 2.75. The Hall–Kier alpha value is -3.39. The molecule has 0 aliphatic rings. The molecule has 0 atom stereocenters. The zero-order valence-electron chi connectivity index (χ0n) is 16.7. The van der Waals surface area contributed by atoms with Crippen LogP contribution < -0.4 is 14.4 Å². The molecule has 0 aromatic heterocycles. The van der Waals surface area contributed by atoms with Gasteiger partial charge in [-0.25, -0.2) is 12.8 Å². The highest BCUT2D eigenvalue weighted by Crippen LogP contribution is 2.31. The van der Waals surface area contributed by atoms with E-state index in [1.54, 1.807) is 37.3 Å². The Labute approximate surface area is 175 Å². The number of nitrogens with one attached hydrogen (secondary N) is 1. The third-order valence-corrected chi connectivity index (χ3v) is 6.36. The van der Waals surface area contributed by atoms with Crippen LogP contribution in [0.3, 0.4) is 0 Å². The molecule has 0 aliphatic carbocycles. The van der Waals surface area contributed by atoms with Crippen molar-refractivity contribution in [3.63, 3.8) is 0 Å². The molecule has 156 valence electrons. The van der Waals surface area contributed by atoms with E-state index in [4.69, 9.17) is 4.74 Å². The van der Waals surface area contributed by atoms with Gasteiger partial charge in [0.2, 0.25) is 0 Å². The summed E-state index contributed by atoms with van der Waals surface area (Å²) in [5, 5.41) is 2.49. The number of halogens is 1. The van der Waals surface area contributed by atoms with Crippen molar-refractivity contribution in [2.75, 3.05) is 23.8 Å². The van der Waals surface area contributed by atoms with Gasteiger partial charge in [-0.05, 0) is 61.0 Å². The molecule has 0 heterocycles. The lowest BCUT2D eigenvalue weighted by atomic mass is 10.2. The van der Waals surface area contributed by atoms with Gasteiger partial charge in [0.15, 0.2) is 0 Å². The molecule has 3 aromatic rings. The summed E-state index contributed by atoms with van der Waals surface area (Å²) in [6.07, 6.45) is 0. The van der Waals surface area contributed by atoms with Gasteiger partial charge < -0.3 is 10.1 Å². The molecule has 6 nitrogen and oxygen atoms in total. The number of rotatable bonds is 6. The lowest BCUT2D eigenvalue weighted by Crippen LogP contribution is -2.27. The molecule has 1 amide bonds. The highest BCUT2D eigenvalue weighted by atomic mass is 32.2. The number of hydrogen-bond donors (Lipinski definition) is 1. The Balaban J connectivity index is 1.82. The molecular formula is C22H21FN2O4S. The van der Waals surface area contributed by atoms with Gasteiger partial charge in [-0.2, -0.15) is 0 Å². The molecule has 0 saturated carbocycles. The van der Waals surface area contributed by atoms with Crippen molar-refractivity contribution in [1.29, 1.82) is 0 Å². The first-order valence-electron chi connectivity index (χ1n) is 9.03. The van der Waals surface area contributed by atoms with Gasteiger partial charge in [0.1, 0.15) is 11.6 Å². The average molecular weight is 428 g/mol. The number of benzene rings is 3. The third kappa shape index (κ3) is 4.28. The quantitative estimate of drug-likeness (QED) is 0.638. The van der Waals surface area contributed by atoms with Crippen molar-refractivity contribution >= 4 is 27.3 Å². The number of sulfonamides is 1. The van der Waals surface area contributed by atoms with Crippen molar-refractivity contribution < 1.29 is 22.3 Å². The first-order valence-corrected chi connectivity index (χ1v) is 10.5. The van der Waals surface area contributed by atoms with Crippen LogP contribution >= 0.6 is 0 Å². The Morgan fingerprint density at radius 3 is 2.33 bits per heavy atom. The summed E-state index contributed by atoms with van der Waals surface area (Å²) in [7, 11) is -0.989. The van der Waals surface area contributed by atoms with Crippen molar-refractivity contribution in [2.24, 2.45) is 0 Å². The first kappa shape index (κ1) is 21.3. The zero-order valence-corrected chi connectivity index (χ0v) is 17.5. The molecule has 3 aromatic carbocycles. The SMILES string of the molecule is COc1ccccc1N(C)S(=O)(=O)c1ccc(C(=O)Nc2ccc(C)cc2F)cc1. The number of anilines is 2. The Bertz CT molecular complexity index is 1180. The van der Waals surface area contributed by atoms with Gasteiger partial charge in [0.25, 0.3) is 15.9 Å². The largest absolute Gasteiger partial charge is 0.495 e. The topological polar surface area (TPSA) is 75.7 Å². The summed E-state index contributed by atoms with van der Waals surface area (Å²) in [5.74, 6) is -0.666. The fourth-order valence-electron chi connectivity index (χ4n) is 2.87. The highest BCUT2D eigenvalue weighted by Gasteiger charge is 2.24. The van der Waals surface area contributed by atoms with Gasteiger partial charge in [-0.15, -0.1) is 0 Å². The number of aryl methyl sites for hydroxylation is 1. The Morgan fingerprint density at radius 1 is 1.03 bits per heavy atom. The summed E-state index contributed by atoms with van der Waals surface area (Å²) >= 11 is 0. The normalized spacial score (nSPS) is 11.1. The van der Waals surface area contributed by atoms with Gasteiger partial charge >= 0.3 is 0 Å². The van der Waals surface area contributed by atoms with Crippen LogP contribution in [0.2, 0.25) is 0 Å². The monoisotopic (exact) mass is 428 g/mol. The number of carbonyl (C=O) groups excluding carboxylic acids is 1. The lowest BCUT2D eigenvalue weighted by Gasteiger charge is -2.21. The molecule has 3 rings (SSSR count). The predicted octanol–water partition coefficient (Wildman–Crippen LogP) is 4.22. The van der Waals surface area contributed by atoms with E-state index in [1.807, 2.05) is 0 Å². The maximum absolute atomic E-state index is 13.9. The molecular weight excluding hydrogens is 407 g/mol. The van der Waals surface area contributed by atoms with Gasteiger partial charge in [0.05, 0.1) is 23.4 Å². The summed E-state index contributed by atoms with van der Waals surface area (Å²) in [6, 6.07) is 16.7. The minimum Gasteiger partial charge on any atom is -0.495 e. The minimum absolute atomic E-state index is 0.00831. The van der Waals surface area contributed by atoms with Crippen LogP contribution in [0.1, 0.15) is 15.9 Å². The van der Waals surface area contributed by atoms with E-state index in [0.29, 0.717) is 11.4 Å². The number of amides is 1. The molecule has 0 fully saturated rings. The van der Waals surface area contributed by atoms with E-state index < -0.39 is 21.7 Å². The zero-order chi connectivity index (χ0) is 21.9. The Morgan fingerprint density at radius 2 is 1.70 bits per heavy atom. The minimum atomic E-state index is -3.88. The molecule has 0 aliphatic heterocycles. The van der Waals surface area contributed by atoms with Crippen LogP contribution in [0.25, 0.3) is 0 Å². The van der Waals surface area contributed by atoms with Crippen molar-refractivity contribution in [3.8, 4) is 5.75 Å². The standard InChI is InChI=1S/C22H21FN2O4S/c1-15-8-13-19(18(23)14-15)24-22(26)16-9-11-17(12-10-16)30(27,28)25(2)20-6-4-5-7-21(20)29-3/h4-14H,1-3H3,(H,24,26). The van der Waals surface area contributed by atoms with Crippen LogP contribution in [0, 0.1) is 12.7 Å². The summed E-state index contributed by atoms with van der Waals surface area (Å²) in [4.78, 5) is 12.4. The second-order valence-corrected chi connectivity index (χ2v) is 8.58. The van der Waals surface area contributed by atoms with E-state index in [1.165, 1.54) is 50.6 Å². The Kier molecular flexibility index (Phi) is 6.07. The van der Waals surface area contributed by atoms with E-state index in [-0.39, 0.29) is 16.1 Å². The number of nitrogens with zero attached hydrogens (tertiary/aromatic N) is 1. The first-order chi connectivity index (χ1) is 14.2. The number of carbonyl (C=O) groups is 1. The molecule has 8 heteroatoms. The number of hydrogen-bond acceptors (Lipinski definition) is 4. The van der Waals surface area contributed by atoms with Crippen LogP contribution in [-0.4, -0.2) is 28.5 Å². The molecule has 0 bridgehead atoms.